The maximum atomic E-state index is 12.3. The fraction of sp³-hybridized carbons (Fsp3) is 0.211. The van der Waals surface area contributed by atoms with Crippen LogP contribution in [0.25, 0.3) is 17.1 Å². The summed E-state index contributed by atoms with van der Waals surface area (Å²) in [5, 5.41) is 21.2. The van der Waals surface area contributed by atoms with Crippen molar-refractivity contribution in [1.29, 1.82) is 0 Å². The van der Waals surface area contributed by atoms with E-state index in [-0.39, 0.29) is 11.7 Å². The first-order valence-corrected chi connectivity index (χ1v) is 10.6. The molecule has 1 aromatic carbocycles. The van der Waals surface area contributed by atoms with Crippen LogP contribution in [0, 0.1) is 20.8 Å². The molecular weight excluding hydrogens is 408 g/mol. The second-order valence-electron chi connectivity index (χ2n) is 6.33. The smallest absolute Gasteiger partial charge is 0.236 e. The SMILES string of the molecule is Cc1ccc(-n2c(SCC(=O)Nc3nnc(C)s3)nnc2-c2ccoc2C)cc1. The van der Waals surface area contributed by atoms with Gasteiger partial charge in [-0.05, 0) is 39.0 Å². The van der Waals surface area contributed by atoms with Gasteiger partial charge < -0.3 is 4.42 Å². The molecule has 0 spiro atoms. The highest BCUT2D eigenvalue weighted by atomic mass is 32.2. The summed E-state index contributed by atoms with van der Waals surface area (Å²) in [6.45, 7) is 5.76. The first-order chi connectivity index (χ1) is 14.0. The molecule has 3 heterocycles. The molecule has 3 aromatic heterocycles. The predicted molar refractivity (Wildman–Crippen MR) is 113 cm³/mol. The Morgan fingerprint density at radius 2 is 1.90 bits per heavy atom. The number of carbonyl (C=O) groups is 1. The number of anilines is 1. The quantitative estimate of drug-likeness (QED) is 0.465. The fourth-order valence-electron chi connectivity index (χ4n) is 2.71. The van der Waals surface area contributed by atoms with E-state index in [1.165, 1.54) is 23.1 Å². The third kappa shape index (κ3) is 4.22. The Labute approximate surface area is 175 Å². The summed E-state index contributed by atoms with van der Waals surface area (Å²) in [6, 6.07) is 9.93. The maximum absolute atomic E-state index is 12.3. The molecule has 0 atom stereocenters. The zero-order chi connectivity index (χ0) is 20.4. The van der Waals surface area contributed by atoms with Crippen molar-refractivity contribution < 1.29 is 9.21 Å². The van der Waals surface area contributed by atoms with E-state index in [4.69, 9.17) is 4.42 Å². The summed E-state index contributed by atoms with van der Waals surface area (Å²) in [4.78, 5) is 12.3. The highest BCUT2D eigenvalue weighted by Crippen LogP contribution is 2.30. The van der Waals surface area contributed by atoms with Crippen LogP contribution in [0.2, 0.25) is 0 Å². The number of hydrogen-bond donors (Lipinski definition) is 1. The fourth-order valence-corrected chi connectivity index (χ4v) is 4.07. The minimum absolute atomic E-state index is 0.174. The monoisotopic (exact) mass is 426 g/mol. The van der Waals surface area contributed by atoms with Gasteiger partial charge in [-0.2, -0.15) is 0 Å². The number of nitrogens with zero attached hydrogens (tertiary/aromatic N) is 5. The van der Waals surface area contributed by atoms with E-state index in [1.54, 1.807) is 6.26 Å². The molecule has 0 saturated heterocycles. The Bertz CT molecular complexity index is 1150. The van der Waals surface area contributed by atoms with Crippen molar-refractivity contribution in [3.8, 4) is 17.1 Å². The number of thioether (sulfide) groups is 1. The number of aryl methyl sites for hydroxylation is 3. The number of carbonyl (C=O) groups excluding carboxylic acids is 1. The topological polar surface area (TPSA) is 98.7 Å². The molecule has 0 aliphatic rings. The predicted octanol–water partition coefficient (Wildman–Crippen LogP) is 4.03. The molecule has 4 rings (SSSR count). The molecule has 0 fully saturated rings. The van der Waals surface area contributed by atoms with Crippen LogP contribution in [0.3, 0.4) is 0 Å². The third-order valence-corrected chi connectivity index (χ3v) is 5.81. The lowest BCUT2D eigenvalue weighted by molar-refractivity contribution is -0.113. The number of amides is 1. The number of hydrogen-bond acceptors (Lipinski definition) is 8. The van der Waals surface area contributed by atoms with Crippen molar-refractivity contribution in [2.24, 2.45) is 0 Å². The largest absolute Gasteiger partial charge is 0.469 e. The molecule has 1 amide bonds. The zero-order valence-corrected chi connectivity index (χ0v) is 17.7. The van der Waals surface area contributed by atoms with Gasteiger partial charge in [-0.25, -0.2) is 0 Å². The van der Waals surface area contributed by atoms with Crippen molar-refractivity contribution in [2.75, 3.05) is 11.1 Å². The minimum Gasteiger partial charge on any atom is -0.469 e. The van der Waals surface area contributed by atoms with Gasteiger partial charge in [0.25, 0.3) is 0 Å². The van der Waals surface area contributed by atoms with Crippen LogP contribution in [0.4, 0.5) is 5.13 Å². The van der Waals surface area contributed by atoms with E-state index in [9.17, 15) is 4.79 Å². The van der Waals surface area contributed by atoms with E-state index in [1.807, 2.05) is 55.7 Å². The van der Waals surface area contributed by atoms with Crippen molar-refractivity contribution in [2.45, 2.75) is 25.9 Å². The summed E-state index contributed by atoms with van der Waals surface area (Å²) < 4.78 is 7.38. The Balaban J connectivity index is 1.61. The summed E-state index contributed by atoms with van der Waals surface area (Å²) in [5.74, 6) is 1.42. The molecule has 148 valence electrons. The number of rotatable bonds is 6. The van der Waals surface area contributed by atoms with Gasteiger partial charge in [0, 0.05) is 5.69 Å². The third-order valence-electron chi connectivity index (χ3n) is 4.13. The Kier molecular flexibility index (Phi) is 5.45. The average molecular weight is 427 g/mol. The molecule has 8 nitrogen and oxygen atoms in total. The first kappa shape index (κ1) is 19.3. The second-order valence-corrected chi connectivity index (χ2v) is 8.45. The van der Waals surface area contributed by atoms with Gasteiger partial charge in [0.1, 0.15) is 10.8 Å². The van der Waals surface area contributed by atoms with Crippen LogP contribution in [0.5, 0.6) is 0 Å². The zero-order valence-electron chi connectivity index (χ0n) is 16.0. The van der Waals surface area contributed by atoms with Gasteiger partial charge in [-0.15, -0.1) is 20.4 Å². The van der Waals surface area contributed by atoms with Gasteiger partial charge in [-0.1, -0.05) is 40.8 Å². The Morgan fingerprint density at radius 3 is 2.55 bits per heavy atom. The summed E-state index contributed by atoms with van der Waals surface area (Å²) in [7, 11) is 0. The number of nitrogens with one attached hydrogen (secondary N) is 1. The molecule has 0 saturated carbocycles. The van der Waals surface area contributed by atoms with Crippen molar-refractivity contribution in [3.63, 3.8) is 0 Å². The van der Waals surface area contributed by atoms with Crippen LogP contribution in [0.15, 0.2) is 46.2 Å². The van der Waals surface area contributed by atoms with Crippen molar-refractivity contribution in [3.05, 3.63) is 52.9 Å². The van der Waals surface area contributed by atoms with Gasteiger partial charge in [0.2, 0.25) is 11.0 Å². The highest BCUT2D eigenvalue weighted by Gasteiger charge is 2.20. The molecule has 29 heavy (non-hydrogen) atoms. The van der Waals surface area contributed by atoms with E-state index < -0.39 is 0 Å². The van der Waals surface area contributed by atoms with Crippen molar-refractivity contribution >= 4 is 34.1 Å². The van der Waals surface area contributed by atoms with Crippen LogP contribution < -0.4 is 5.32 Å². The molecule has 4 aromatic rings. The van der Waals surface area contributed by atoms with Gasteiger partial charge in [0.05, 0.1) is 17.6 Å². The summed E-state index contributed by atoms with van der Waals surface area (Å²) in [6.07, 6.45) is 1.63. The number of benzene rings is 1. The normalized spacial score (nSPS) is 11.0. The van der Waals surface area contributed by atoms with Gasteiger partial charge >= 0.3 is 0 Å². The number of furan rings is 1. The maximum Gasteiger partial charge on any atom is 0.236 e. The van der Waals surface area contributed by atoms with Crippen LogP contribution >= 0.6 is 23.1 Å². The lowest BCUT2D eigenvalue weighted by Gasteiger charge is -2.10. The first-order valence-electron chi connectivity index (χ1n) is 8.81. The van der Waals surface area contributed by atoms with E-state index in [0.29, 0.717) is 16.1 Å². The Hall–Kier alpha value is -2.98. The molecular formula is C19H18N6O2S2. The lowest BCUT2D eigenvalue weighted by Crippen LogP contribution is -2.14. The van der Waals surface area contributed by atoms with E-state index >= 15 is 0 Å². The van der Waals surface area contributed by atoms with Gasteiger partial charge in [-0.3, -0.25) is 14.7 Å². The van der Waals surface area contributed by atoms with Crippen LogP contribution in [-0.2, 0) is 4.79 Å². The highest BCUT2D eigenvalue weighted by molar-refractivity contribution is 7.99. The molecule has 0 bridgehead atoms. The standard InChI is InChI=1S/C19H18N6O2S2/c1-11-4-6-14(7-5-11)25-17(15-8-9-27-12(15)2)22-24-19(25)28-10-16(26)20-18-23-21-13(3)29-18/h4-9H,10H2,1-3H3,(H,20,23,26). The van der Waals surface area contributed by atoms with Gasteiger partial charge in [0.15, 0.2) is 11.0 Å². The molecule has 10 heteroatoms. The molecule has 0 aliphatic carbocycles. The second kappa shape index (κ2) is 8.18. The average Bonchev–Trinajstić information content (AvgIpc) is 3.41. The summed E-state index contributed by atoms with van der Waals surface area (Å²) >= 11 is 2.64. The summed E-state index contributed by atoms with van der Waals surface area (Å²) in [5.41, 5.74) is 2.93. The van der Waals surface area contributed by atoms with Crippen LogP contribution in [-0.4, -0.2) is 36.6 Å². The van der Waals surface area contributed by atoms with E-state index in [2.05, 4.69) is 25.7 Å². The molecule has 0 radical (unpaired) electrons. The lowest BCUT2D eigenvalue weighted by atomic mass is 10.2. The Morgan fingerprint density at radius 1 is 1.10 bits per heavy atom. The van der Waals surface area contributed by atoms with E-state index in [0.717, 1.165) is 27.6 Å². The number of aromatic nitrogens is 5. The van der Waals surface area contributed by atoms with Crippen LogP contribution in [0.1, 0.15) is 16.3 Å². The molecule has 1 N–H and O–H groups in total. The van der Waals surface area contributed by atoms with Crippen molar-refractivity contribution in [1.82, 2.24) is 25.0 Å². The minimum atomic E-state index is -0.175. The molecule has 0 unspecified atom stereocenters. The molecule has 0 aliphatic heterocycles.